The van der Waals surface area contributed by atoms with E-state index in [9.17, 15) is 10.1 Å². The van der Waals surface area contributed by atoms with Gasteiger partial charge >= 0.3 is 6.03 Å². The predicted octanol–water partition coefficient (Wildman–Crippen LogP) is 2.47. The van der Waals surface area contributed by atoms with Crippen LogP contribution in [0.25, 0.3) is 0 Å². The largest absolute Gasteiger partial charge is 0.492 e. The number of nitriles is 1. The molecule has 130 valence electrons. The van der Waals surface area contributed by atoms with Crippen LogP contribution in [-0.4, -0.2) is 67.2 Å². The van der Waals surface area contributed by atoms with Gasteiger partial charge in [-0.05, 0) is 31.4 Å². The molecule has 7 heteroatoms. The number of thioether (sulfide) groups is 1. The fourth-order valence-electron chi connectivity index (χ4n) is 2.57. The van der Waals surface area contributed by atoms with E-state index in [0.717, 1.165) is 38.5 Å². The van der Waals surface area contributed by atoms with E-state index in [4.69, 9.17) is 4.74 Å². The number of urea groups is 1. The number of hydrogen-bond acceptors (Lipinski definition) is 5. The van der Waals surface area contributed by atoms with Crippen molar-refractivity contribution in [2.24, 2.45) is 0 Å². The number of benzene rings is 1. The molecule has 1 aliphatic rings. The Morgan fingerprint density at radius 1 is 1.38 bits per heavy atom. The molecule has 0 radical (unpaired) electrons. The van der Waals surface area contributed by atoms with Crippen molar-refractivity contribution in [1.29, 1.82) is 5.26 Å². The van der Waals surface area contributed by atoms with E-state index in [0.29, 0.717) is 23.6 Å². The first kappa shape index (κ1) is 18.4. The maximum Gasteiger partial charge on any atom is 0.321 e. The summed E-state index contributed by atoms with van der Waals surface area (Å²) in [6.45, 7) is 6.70. The van der Waals surface area contributed by atoms with Crippen molar-refractivity contribution < 1.29 is 9.53 Å². The number of ether oxygens (including phenoxy) is 1. The minimum Gasteiger partial charge on any atom is -0.492 e. The van der Waals surface area contributed by atoms with Gasteiger partial charge in [-0.3, -0.25) is 4.90 Å². The average molecular weight is 348 g/mol. The first-order chi connectivity index (χ1) is 11.7. The van der Waals surface area contributed by atoms with E-state index in [-0.39, 0.29) is 6.03 Å². The molecule has 1 aromatic rings. The Morgan fingerprint density at radius 3 is 2.75 bits per heavy atom. The SMILES string of the molecule is CCOc1ccc(NC(=O)N2CCN(CCSC)CC2)cc1C#N. The zero-order valence-corrected chi connectivity index (χ0v) is 15.1. The summed E-state index contributed by atoms with van der Waals surface area (Å²) in [6.07, 6.45) is 2.11. The minimum atomic E-state index is -0.118. The van der Waals surface area contributed by atoms with Crippen LogP contribution in [0.4, 0.5) is 10.5 Å². The first-order valence-corrected chi connectivity index (χ1v) is 9.51. The Kier molecular flexibility index (Phi) is 7.22. The van der Waals surface area contributed by atoms with Crippen LogP contribution in [0.1, 0.15) is 12.5 Å². The number of nitrogens with one attached hydrogen (secondary N) is 1. The van der Waals surface area contributed by atoms with Crippen LogP contribution >= 0.6 is 11.8 Å². The molecule has 0 atom stereocenters. The van der Waals surface area contributed by atoms with Crippen LogP contribution in [0.15, 0.2) is 18.2 Å². The lowest BCUT2D eigenvalue weighted by Crippen LogP contribution is -2.50. The monoisotopic (exact) mass is 348 g/mol. The van der Waals surface area contributed by atoms with Crippen molar-refractivity contribution >= 4 is 23.5 Å². The van der Waals surface area contributed by atoms with Crippen LogP contribution in [0, 0.1) is 11.3 Å². The highest BCUT2D eigenvalue weighted by Gasteiger charge is 2.21. The van der Waals surface area contributed by atoms with E-state index in [1.807, 2.05) is 23.6 Å². The van der Waals surface area contributed by atoms with E-state index in [1.54, 1.807) is 18.2 Å². The lowest BCUT2D eigenvalue weighted by Gasteiger charge is -2.34. The second kappa shape index (κ2) is 9.40. The Labute approximate surface area is 147 Å². The Bertz CT molecular complexity index is 595. The Morgan fingerprint density at radius 2 is 2.12 bits per heavy atom. The van der Waals surface area contributed by atoms with Gasteiger partial charge in [0, 0.05) is 44.2 Å². The van der Waals surface area contributed by atoms with Crippen LogP contribution < -0.4 is 10.1 Å². The smallest absolute Gasteiger partial charge is 0.321 e. The van der Waals surface area contributed by atoms with E-state index in [2.05, 4.69) is 22.5 Å². The summed E-state index contributed by atoms with van der Waals surface area (Å²) in [5.74, 6) is 1.66. The van der Waals surface area contributed by atoms with Crippen molar-refractivity contribution in [2.75, 3.05) is 56.7 Å². The molecule has 24 heavy (non-hydrogen) atoms. The number of amides is 2. The van der Waals surface area contributed by atoms with Crippen molar-refractivity contribution in [3.63, 3.8) is 0 Å². The lowest BCUT2D eigenvalue weighted by molar-refractivity contribution is 0.152. The molecule has 1 aliphatic heterocycles. The summed E-state index contributed by atoms with van der Waals surface area (Å²) in [6, 6.07) is 7.12. The maximum absolute atomic E-state index is 12.4. The molecule has 0 unspecified atom stereocenters. The highest BCUT2D eigenvalue weighted by molar-refractivity contribution is 7.98. The van der Waals surface area contributed by atoms with Gasteiger partial charge in [0.2, 0.25) is 0 Å². The topological polar surface area (TPSA) is 68.6 Å². The molecule has 2 rings (SSSR count). The average Bonchev–Trinajstić information content (AvgIpc) is 2.61. The third kappa shape index (κ3) is 5.05. The second-order valence-electron chi connectivity index (χ2n) is 5.51. The van der Waals surface area contributed by atoms with Gasteiger partial charge in [-0.2, -0.15) is 17.0 Å². The van der Waals surface area contributed by atoms with Gasteiger partial charge in [0.05, 0.1) is 12.2 Å². The minimum absolute atomic E-state index is 0.118. The van der Waals surface area contributed by atoms with Gasteiger partial charge in [0.15, 0.2) is 0 Å². The maximum atomic E-state index is 12.4. The molecule has 0 spiro atoms. The van der Waals surface area contributed by atoms with E-state index < -0.39 is 0 Å². The van der Waals surface area contributed by atoms with Gasteiger partial charge < -0.3 is 15.0 Å². The molecule has 0 aliphatic carbocycles. The van der Waals surface area contributed by atoms with Crippen molar-refractivity contribution in [3.05, 3.63) is 23.8 Å². The third-order valence-electron chi connectivity index (χ3n) is 3.92. The number of carbonyl (C=O) groups is 1. The summed E-state index contributed by atoms with van der Waals surface area (Å²) in [5.41, 5.74) is 1.04. The summed E-state index contributed by atoms with van der Waals surface area (Å²) in [7, 11) is 0. The molecule has 2 amide bonds. The fraction of sp³-hybridized carbons (Fsp3) is 0.529. The summed E-state index contributed by atoms with van der Waals surface area (Å²) in [5, 5.41) is 12.1. The van der Waals surface area contributed by atoms with Crippen LogP contribution in [0.3, 0.4) is 0 Å². The molecule has 0 aromatic heterocycles. The molecule has 1 fully saturated rings. The van der Waals surface area contributed by atoms with Gasteiger partial charge in [0.1, 0.15) is 11.8 Å². The van der Waals surface area contributed by atoms with Crippen molar-refractivity contribution in [3.8, 4) is 11.8 Å². The van der Waals surface area contributed by atoms with E-state index >= 15 is 0 Å². The first-order valence-electron chi connectivity index (χ1n) is 8.12. The number of anilines is 1. The molecular formula is C17H24N4O2S. The normalized spacial score (nSPS) is 15.0. The van der Waals surface area contributed by atoms with Crippen molar-refractivity contribution in [1.82, 2.24) is 9.80 Å². The summed E-state index contributed by atoms with van der Waals surface area (Å²) in [4.78, 5) is 16.6. The van der Waals surface area contributed by atoms with Crippen LogP contribution in [-0.2, 0) is 0 Å². The highest BCUT2D eigenvalue weighted by atomic mass is 32.2. The third-order valence-corrected chi connectivity index (χ3v) is 4.51. The number of nitrogens with zero attached hydrogens (tertiary/aromatic N) is 3. The zero-order chi connectivity index (χ0) is 17.4. The number of rotatable bonds is 6. The van der Waals surface area contributed by atoms with Gasteiger partial charge in [-0.25, -0.2) is 4.79 Å². The molecule has 1 saturated heterocycles. The van der Waals surface area contributed by atoms with Crippen molar-refractivity contribution in [2.45, 2.75) is 6.92 Å². The molecule has 0 bridgehead atoms. The molecular weight excluding hydrogens is 324 g/mol. The Balaban J connectivity index is 1.90. The van der Waals surface area contributed by atoms with Gasteiger partial charge in [-0.1, -0.05) is 0 Å². The Hall–Kier alpha value is -1.91. The number of hydrogen-bond donors (Lipinski definition) is 1. The molecule has 1 heterocycles. The predicted molar refractivity (Wildman–Crippen MR) is 97.7 cm³/mol. The zero-order valence-electron chi connectivity index (χ0n) is 14.2. The van der Waals surface area contributed by atoms with Gasteiger partial charge in [-0.15, -0.1) is 0 Å². The fourth-order valence-corrected chi connectivity index (χ4v) is 3.01. The quantitative estimate of drug-likeness (QED) is 0.855. The second-order valence-corrected chi connectivity index (χ2v) is 6.49. The molecule has 0 saturated carbocycles. The van der Waals surface area contributed by atoms with E-state index in [1.165, 1.54) is 0 Å². The van der Waals surface area contributed by atoms with Crippen LogP contribution in [0.5, 0.6) is 5.75 Å². The number of piperazine rings is 1. The molecule has 1 aromatic carbocycles. The lowest BCUT2D eigenvalue weighted by atomic mass is 10.2. The molecule has 6 nitrogen and oxygen atoms in total. The van der Waals surface area contributed by atoms with Gasteiger partial charge in [0.25, 0.3) is 0 Å². The highest BCUT2D eigenvalue weighted by Crippen LogP contribution is 2.22. The van der Waals surface area contributed by atoms with Crippen LogP contribution in [0.2, 0.25) is 0 Å². The standard InChI is InChI=1S/C17H24N4O2S/c1-3-23-16-5-4-15(12-14(16)13-18)19-17(22)21-8-6-20(7-9-21)10-11-24-2/h4-5,12H,3,6-11H2,1-2H3,(H,19,22). The summed E-state index contributed by atoms with van der Waals surface area (Å²) < 4.78 is 5.40. The number of carbonyl (C=O) groups excluding carboxylic acids is 1. The summed E-state index contributed by atoms with van der Waals surface area (Å²) >= 11 is 1.84. The molecule has 1 N–H and O–H groups in total.